The van der Waals surface area contributed by atoms with E-state index in [4.69, 9.17) is 9.47 Å². The average molecular weight is 430 g/mol. The highest BCUT2D eigenvalue weighted by molar-refractivity contribution is 6.01. The zero-order valence-electron chi connectivity index (χ0n) is 19.4. The van der Waals surface area contributed by atoms with Crippen molar-refractivity contribution in [3.63, 3.8) is 0 Å². The monoisotopic (exact) mass is 429 g/mol. The lowest BCUT2D eigenvalue weighted by Crippen LogP contribution is -2.47. The van der Waals surface area contributed by atoms with Gasteiger partial charge in [0.25, 0.3) is 0 Å². The number of nitrogens with zero attached hydrogens (tertiary/aromatic N) is 1. The number of amides is 3. The number of unbranched alkanes of at least 4 members (excludes halogenated alkanes) is 3. The van der Waals surface area contributed by atoms with Crippen molar-refractivity contribution in [1.29, 1.82) is 0 Å². The molecule has 0 heterocycles. The van der Waals surface area contributed by atoms with Crippen LogP contribution in [0.3, 0.4) is 0 Å². The van der Waals surface area contributed by atoms with Gasteiger partial charge in [-0.2, -0.15) is 0 Å². The van der Waals surface area contributed by atoms with Crippen molar-refractivity contribution in [2.45, 2.75) is 78.4 Å². The van der Waals surface area contributed by atoms with E-state index in [0.717, 1.165) is 25.7 Å². The van der Waals surface area contributed by atoms with Crippen molar-refractivity contribution in [3.8, 4) is 0 Å². The van der Waals surface area contributed by atoms with Gasteiger partial charge in [0.05, 0.1) is 6.54 Å². The third kappa shape index (κ3) is 17.7. The van der Waals surface area contributed by atoms with Crippen LogP contribution in [0.5, 0.6) is 0 Å². The molecule has 174 valence electrons. The molecule has 0 aliphatic rings. The summed E-state index contributed by atoms with van der Waals surface area (Å²) in [6, 6.07) is 0. The van der Waals surface area contributed by atoms with E-state index in [0.29, 0.717) is 19.6 Å². The summed E-state index contributed by atoms with van der Waals surface area (Å²) in [5.41, 5.74) is -1.35. The van der Waals surface area contributed by atoms with E-state index in [1.807, 2.05) is 0 Å². The van der Waals surface area contributed by atoms with Gasteiger partial charge >= 0.3 is 12.2 Å². The minimum atomic E-state index is -0.713. The Morgan fingerprint density at radius 2 is 1.30 bits per heavy atom. The molecule has 3 amide bonds. The second-order valence-electron chi connectivity index (χ2n) is 8.78. The fraction of sp³-hybridized carbons (Fsp3) is 0.800. The summed E-state index contributed by atoms with van der Waals surface area (Å²) in [5.74, 6) is -0.0361. The molecule has 0 radical (unpaired) electrons. The molecule has 0 rings (SSSR count). The molecule has 30 heavy (non-hydrogen) atoms. The average Bonchev–Trinajstić information content (AvgIpc) is 2.53. The molecule has 0 fully saturated rings. The van der Waals surface area contributed by atoms with Gasteiger partial charge in [-0.1, -0.05) is 12.8 Å². The van der Waals surface area contributed by atoms with Gasteiger partial charge in [-0.05, 0) is 61.4 Å². The lowest BCUT2D eigenvalue weighted by atomic mass is 10.2. The fourth-order valence-electron chi connectivity index (χ4n) is 2.14. The second-order valence-corrected chi connectivity index (χ2v) is 8.78. The SMILES string of the molecule is CNCC(=O)NCCCCCCN=C(NC(=O)OC(C)(C)C)NC(=O)OC(C)(C)C. The topological polar surface area (TPSA) is 130 Å². The summed E-state index contributed by atoms with van der Waals surface area (Å²) < 4.78 is 10.4. The molecule has 0 bridgehead atoms. The predicted octanol–water partition coefficient (Wildman–Crippen LogP) is 2.29. The number of hydrogen-bond donors (Lipinski definition) is 4. The Balaban J connectivity index is 4.49. The third-order valence-corrected chi connectivity index (χ3v) is 3.25. The van der Waals surface area contributed by atoms with E-state index in [2.05, 4.69) is 26.3 Å². The number of guanidine groups is 1. The molecule has 10 heteroatoms. The largest absolute Gasteiger partial charge is 0.444 e. The summed E-state index contributed by atoms with van der Waals surface area (Å²) >= 11 is 0. The molecule has 0 atom stereocenters. The maximum absolute atomic E-state index is 12.0. The first-order valence-corrected chi connectivity index (χ1v) is 10.3. The summed E-state index contributed by atoms with van der Waals surface area (Å²) in [7, 11) is 1.73. The number of carbonyl (C=O) groups is 3. The van der Waals surface area contributed by atoms with Gasteiger partial charge in [0.1, 0.15) is 11.2 Å². The van der Waals surface area contributed by atoms with Gasteiger partial charge in [-0.3, -0.25) is 20.4 Å². The Bertz CT molecular complexity index is 547. The third-order valence-electron chi connectivity index (χ3n) is 3.25. The van der Waals surface area contributed by atoms with Crippen LogP contribution in [0.1, 0.15) is 67.2 Å². The van der Waals surface area contributed by atoms with Gasteiger partial charge in [0, 0.05) is 13.1 Å². The number of ether oxygens (including phenoxy) is 2. The Labute approximate surface area is 179 Å². The number of nitrogens with one attached hydrogen (secondary N) is 4. The van der Waals surface area contributed by atoms with Crippen LogP contribution in [-0.4, -0.2) is 61.9 Å². The Morgan fingerprint density at radius 3 is 1.77 bits per heavy atom. The van der Waals surface area contributed by atoms with Crippen LogP contribution < -0.4 is 21.3 Å². The minimum absolute atomic E-state index is 0.0159. The molecule has 10 nitrogen and oxygen atoms in total. The summed E-state index contributed by atoms with van der Waals surface area (Å²) in [6.07, 6.45) is 2.05. The number of hydrogen-bond acceptors (Lipinski definition) is 7. The van der Waals surface area contributed by atoms with Crippen molar-refractivity contribution in [2.24, 2.45) is 4.99 Å². The van der Waals surface area contributed by atoms with Gasteiger partial charge in [0.2, 0.25) is 11.9 Å². The molecule has 0 saturated carbocycles. The highest BCUT2D eigenvalue weighted by atomic mass is 16.6. The van der Waals surface area contributed by atoms with Crippen molar-refractivity contribution < 1.29 is 23.9 Å². The van der Waals surface area contributed by atoms with Crippen LogP contribution >= 0.6 is 0 Å². The molecule has 0 aromatic carbocycles. The highest BCUT2D eigenvalue weighted by Crippen LogP contribution is 2.08. The zero-order chi connectivity index (χ0) is 23.2. The first-order valence-electron chi connectivity index (χ1n) is 10.3. The molecule has 4 N–H and O–H groups in total. The summed E-state index contributed by atoms with van der Waals surface area (Å²) in [5, 5.41) is 10.5. The lowest BCUT2D eigenvalue weighted by molar-refractivity contribution is -0.120. The second kappa shape index (κ2) is 13.8. The maximum atomic E-state index is 12.0. The molecule has 0 aromatic rings. The van der Waals surface area contributed by atoms with E-state index in [-0.39, 0.29) is 11.9 Å². The molecular weight excluding hydrogens is 390 g/mol. The normalized spacial score (nSPS) is 11.3. The number of likely N-dealkylation sites (N-methyl/N-ethyl adjacent to an activating group) is 1. The van der Waals surface area contributed by atoms with Gasteiger partial charge < -0.3 is 20.1 Å². The number of aliphatic imine (C=N–C) groups is 1. The molecule has 0 aliphatic heterocycles. The van der Waals surface area contributed by atoms with E-state index in [9.17, 15) is 14.4 Å². The number of rotatable bonds is 9. The Hall–Kier alpha value is -2.36. The zero-order valence-corrected chi connectivity index (χ0v) is 19.4. The quantitative estimate of drug-likeness (QED) is 0.253. The molecular formula is C20H39N5O5. The van der Waals surface area contributed by atoms with Crippen LogP contribution in [0.2, 0.25) is 0 Å². The standard InChI is InChI=1S/C20H39N5O5/c1-19(2,3)29-17(27)24-16(25-18(28)30-20(4,5)6)23-13-11-9-8-10-12-22-15(26)14-21-7/h21H,8-14H2,1-7H3,(H,22,26)(H2,23,24,25,27,28). The van der Waals surface area contributed by atoms with Crippen molar-refractivity contribution in [1.82, 2.24) is 21.3 Å². The van der Waals surface area contributed by atoms with Gasteiger partial charge in [-0.25, -0.2) is 9.59 Å². The predicted molar refractivity (Wildman–Crippen MR) is 116 cm³/mol. The van der Waals surface area contributed by atoms with Crippen LogP contribution in [-0.2, 0) is 14.3 Å². The first-order chi connectivity index (χ1) is 13.8. The fourth-order valence-corrected chi connectivity index (χ4v) is 2.14. The maximum Gasteiger partial charge on any atom is 0.414 e. The van der Waals surface area contributed by atoms with Crippen molar-refractivity contribution in [3.05, 3.63) is 0 Å². The smallest absolute Gasteiger partial charge is 0.414 e. The first kappa shape index (κ1) is 27.6. The van der Waals surface area contributed by atoms with Crippen LogP contribution in [0, 0.1) is 0 Å². The van der Waals surface area contributed by atoms with E-state index < -0.39 is 23.4 Å². The van der Waals surface area contributed by atoms with Crippen molar-refractivity contribution in [2.75, 3.05) is 26.7 Å². The minimum Gasteiger partial charge on any atom is -0.444 e. The van der Waals surface area contributed by atoms with E-state index in [1.165, 1.54) is 0 Å². The Morgan fingerprint density at radius 1 is 0.800 bits per heavy atom. The summed E-state index contributed by atoms with van der Waals surface area (Å²) in [6.45, 7) is 11.8. The summed E-state index contributed by atoms with van der Waals surface area (Å²) in [4.78, 5) is 39.6. The van der Waals surface area contributed by atoms with Gasteiger partial charge in [0.15, 0.2) is 0 Å². The lowest BCUT2D eigenvalue weighted by Gasteiger charge is -2.22. The molecule has 0 aliphatic carbocycles. The van der Waals surface area contributed by atoms with Crippen LogP contribution in [0.15, 0.2) is 4.99 Å². The van der Waals surface area contributed by atoms with Gasteiger partial charge in [-0.15, -0.1) is 0 Å². The van der Waals surface area contributed by atoms with E-state index in [1.54, 1.807) is 48.6 Å². The van der Waals surface area contributed by atoms with Crippen molar-refractivity contribution >= 4 is 24.1 Å². The van der Waals surface area contributed by atoms with E-state index >= 15 is 0 Å². The molecule has 0 spiro atoms. The van der Waals surface area contributed by atoms with Crippen LogP contribution in [0.25, 0.3) is 0 Å². The molecule has 0 aromatic heterocycles. The highest BCUT2D eigenvalue weighted by Gasteiger charge is 2.21. The van der Waals surface area contributed by atoms with Crippen LogP contribution in [0.4, 0.5) is 9.59 Å². The number of carbonyl (C=O) groups excluding carboxylic acids is 3. The molecule has 0 saturated heterocycles. The Kier molecular flexibility index (Phi) is 12.7. The number of alkyl carbamates (subject to hydrolysis) is 2. The molecule has 0 unspecified atom stereocenters.